The largest absolute Gasteiger partial charge is 0.478 e. The number of hydrogen-bond donors (Lipinski definition) is 2. The second kappa shape index (κ2) is 4.03. The van der Waals surface area contributed by atoms with E-state index in [4.69, 9.17) is 9.66 Å². The zero-order valence-electron chi connectivity index (χ0n) is 6.04. The van der Waals surface area contributed by atoms with Crippen molar-refractivity contribution < 1.29 is 22.9 Å². The fraction of sp³-hybridized carbons (Fsp3) is 0.167. The lowest BCUT2D eigenvalue weighted by atomic mass is 10.3. The molecule has 68 valence electrons. The molecule has 0 aromatic rings. The minimum Gasteiger partial charge on any atom is -0.478 e. The predicted octanol–water partition coefficient (Wildman–Crippen LogP) is 0.0696. The fourth-order valence-corrected chi connectivity index (χ4v) is 0.997. The molecule has 0 saturated carbocycles. The number of carbonyl (C=O) groups is 1. The van der Waals surface area contributed by atoms with E-state index in [1.807, 2.05) is 0 Å². The van der Waals surface area contributed by atoms with Gasteiger partial charge in [-0.2, -0.15) is 8.42 Å². The summed E-state index contributed by atoms with van der Waals surface area (Å²) >= 11 is 0. The molecule has 0 aliphatic rings. The summed E-state index contributed by atoms with van der Waals surface area (Å²) in [5.41, 5.74) is 0. The first-order chi connectivity index (χ1) is 5.38. The summed E-state index contributed by atoms with van der Waals surface area (Å²) in [5.74, 6) is -1.29. The van der Waals surface area contributed by atoms with Gasteiger partial charge < -0.3 is 5.11 Å². The Kier molecular flexibility index (Phi) is 3.65. The van der Waals surface area contributed by atoms with E-state index < -0.39 is 21.3 Å². The molecule has 0 bridgehead atoms. The van der Waals surface area contributed by atoms with Crippen LogP contribution in [0.5, 0.6) is 0 Å². The molecule has 0 amide bonds. The highest BCUT2D eigenvalue weighted by atomic mass is 32.2. The lowest BCUT2D eigenvalue weighted by Crippen LogP contribution is -2.15. The van der Waals surface area contributed by atoms with E-state index in [0.29, 0.717) is 6.08 Å². The second-order valence-electron chi connectivity index (χ2n) is 1.91. The van der Waals surface area contributed by atoms with Crippen molar-refractivity contribution in [1.29, 1.82) is 0 Å². The van der Waals surface area contributed by atoms with Gasteiger partial charge in [-0.15, -0.1) is 6.58 Å². The molecule has 0 rings (SSSR count). The van der Waals surface area contributed by atoms with Gasteiger partial charge in [0.05, 0.1) is 0 Å². The minimum absolute atomic E-state index is 0.625. The van der Waals surface area contributed by atoms with Crippen molar-refractivity contribution in [2.75, 3.05) is 0 Å². The predicted molar refractivity (Wildman–Crippen MR) is 42.3 cm³/mol. The average Bonchev–Trinajstić information content (AvgIpc) is 1.85. The molecule has 1 unspecified atom stereocenters. The highest BCUT2D eigenvalue weighted by Crippen LogP contribution is 2.01. The van der Waals surface area contributed by atoms with E-state index in [2.05, 4.69) is 6.58 Å². The van der Waals surface area contributed by atoms with Crippen LogP contribution in [0, 0.1) is 0 Å². The van der Waals surface area contributed by atoms with Crippen molar-refractivity contribution in [3.05, 3.63) is 24.8 Å². The van der Waals surface area contributed by atoms with Gasteiger partial charge in [0.25, 0.3) is 10.1 Å². The summed E-state index contributed by atoms with van der Waals surface area (Å²) in [7, 11) is -4.28. The van der Waals surface area contributed by atoms with E-state index in [0.717, 1.165) is 12.2 Å². The monoisotopic (exact) mass is 192 g/mol. The van der Waals surface area contributed by atoms with Gasteiger partial charge in [-0.25, -0.2) is 4.79 Å². The number of carboxylic acids is 1. The molecule has 0 aliphatic carbocycles. The van der Waals surface area contributed by atoms with Gasteiger partial charge in [0.2, 0.25) is 0 Å². The third-order valence-corrected chi connectivity index (χ3v) is 2.04. The third-order valence-electron chi connectivity index (χ3n) is 1.00. The maximum absolute atomic E-state index is 10.4. The Morgan fingerprint density at radius 2 is 2.00 bits per heavy atom. The summed E-state index contributed by atoms with van der Waals surface area (Å²) in [6.07, 6.45) is 2.37. The van der Waals surface area contributed by atoms with Crippen molar-refractivity contribution in [2.24, 2.45) is 0 Å². The molecule has 6 heteroatoms. The SMILES string of the molecule is C=CC(C=CC(=O)O)S(=O)(=O)O. The molecular weight excluding hydrogens is 184 g/mol. The summed E-state index contributed by atoms with van der Waals surface area (Å²) in [5, 5.41) is 6.76. The summed E-state index contributed by atoms with van der Waals surface area (Å²) in [6, 6.07) is 0. The van der Waals surface area contributed by atoms with Crippen LogP contribution in [-0.2, 0) is 14.9 Å². The smallest absolute Gasteiger partial charge is 0.328 e. The number of aliphatic carboxylic acids is 1. The van der Waals surface area contributed by atoms with Gasteiger partial charge >= 0.3 is 5.97 Å². The van der Waals surface area contributed by atoms with Crippen LogP contribution in [-0.4, -0.2) is 29.3 Å². The van der Waals surface area contributed by atoms with E-state index in [9.17, 15) is 13.2 Å². The zero-order valence-corrected chi connectivity index (χ0v) is 6.86. The maximum atomic E-state index is 10.4. The molecule has 0 saturated heterocycles. The topological polar surface area (TPSA) is 91.7 Å². The lowest BCUT2D eigenvalue weighted by Gasteiger charge is -2.00. The van der Waals surface area contributed by atoms with Crippen LogP contribution in [0.15, 0.2) is 24.8 Å². The molecule has 0 heterocycles. The highest BCUT2D eigenvalue weighted by Gasteiger charge is 2.15. The van der Waals surface area contributed by atoms with Crippen LogP contribution in [0.2, 0.25) is 0 Å². The average molecular weight is 192 g/mol. The molecule has 0 fully saturated rings. The molecule has 12 heavy (non-hydrogen) atoms. The molecular formula is C6H8O5S. The zero-order chi connectivity index (χ0) is 9.78. The van der Waals surface area contributed by atoms with E-state index in [1.54, 1.807) is 0 Å². The molecule has 0 aromatic carbocycles. The lowest BCUT2D eigenvalue weighted by molar-refractivity contribution is -0.131. The first-order valence-electron chi connectivity index (χ1n) is 2.88. The van der Waals surface area contributed by atoms with Crippen molar-refractivity contribution in [3.63, 3.8) is 0 Å². The quantitative estimate of drug-likeness (QED) is 0.373. The second-order valence-corrected chi connectivity index (χ2v) is 3.49. The summed E-state index contributed by atoms with van der Waals surface area (Å²) in [4.78, 5) is 9.95. The number of rotatable bonds is 4. The van der Waals surface area contributed by atoms with Gasteiger partial charge in [-0.3, -0.25) is 4.55 Å². The van der Waals surface area contributed by atoms with Crippen molar-refractivity contribution in [2.45, 2.75) is 5.25 Å². The Balaban J connectivity index is 4.62. The van der Waals surface area contributed by atoms with Gasteiger partial charge in [-0.1, -0.05) is 12.2 Å². The molecule has 1 atom stereocenters. The first kappa shape index (κ1) is 10.9. The van der Waals surface area contributed by atoms with E-state index in [-0.39, 0.29) is 0 Å². The van der Waals surface area contributed by atoms with Crippen molar-refractivity contribution in [3.8, 4) is 0 Å². The number of hydrogen-bond acceptors (Lipinski definition) is 3. The Labute approximate surface area is 69.8 Å². The molecule has 0 spiro atoms. The fourth-order valence-electron chi connectivity index (χ4n) is 0.477. The standard InChI is InChI=1S/C6H8O5S/c1-2-5(12(9,10)11)3-4-6(7)8/h2-5H,1H2,(H,7,8)(H,9,10,11). The Morgan fingerprint density at radius 1 is 1.50 bits per heavy atom. The van der Waals surface area contributed by atoms with Crippen LogP contribution in [0.1, 0.15) is 0 Å². The van der Waals surface area contributed by atoms with Gasteiger partial charge in [0.15, 0.2) is 0 Å². The van der Waals surface area contributed by atoms with Crippen LogP contribution in [0.4, 0.5) is 0 Å². The van der Waals surface area contributed by atoms with Crippen molar-refractivity contribution >= 4 is 16.1 Å². The third kappa shape index (κ3) is 3.89. The summed E-state index contributed by atoms with van der Waals surface area (Å²) in [6.45, 7) is 3.12. The molecule has 0 radical (unpaired) electrons. The van der Waals surface area contributed by atoms with Gasteiger partial charge in [0.1, 0.15) is 5.25 Å². The Bertz CT molecular complexity index is 300. The van der Waals surface area contributed by atoms with Gasteiger partial charge in [-0.05, 0) is 0 Å². The van der Waals surface area contributed by atoms with Gasteiger partial charge in [0, 0.05) is 6.08 Å². The maximum Gasteiger partial charge on any atom is 0.328 e. The van der Waals surface area contributed by atoms with Crippen LogP contribution in [0.25, 0.3) is 0 Å². The highest BCUT2D eigenvalue weighted by molar-refractivity contribution is 7.86. The first-order valence-corrected chi connectivity index (χ1v) is 4.38. The Morgan fingerprint density at radius 3 is 2.25 bits per heavy atom. The number of carboxylic acid groups (broad SMARTS) is 1. The normalized spacial score (nSPS) is 14.4. The van der Waals surface area contributed by atoms with Crippen LogP contribution in [0.3, 0.4) is 0 Å². The molecule has 5 nitrogen and oxygen atoms in total. The molecule has 0 aliphatic heterocycles. The van der Waals surface area contributed by atoms with Crippen LogP contribution >= 0.6 is 0 Å². The van der Waals surface area contributed by atoms with E-state index in [1.165, 1.54) is 0 Å². The van der Waals surface area contributed by atoms with Crippen LogP contribution < -0.4 is 0 Å². The molecule has 2 N–H and O–H groups in total. The molecule has 0 aromatic heterocycles. The van der Waals surface area contributed by atoms with Crippen molar-refractivity contribution in [1.82, 2.24) is 0 Å². The van der Waals surface area contributed by atoms with E-state index >= 15 is 0 Å². The minimum atomic E-state index is -4.28. The summed E-state index contributed by atoms with van der Waals surface area (Å²) < 4.78 is 29.3. The Hall–Kier alpha value is -1.14.